The molecule has 1 aliphatic heterocycles. The highest BCUT2D eigenvalue weighted by Crippen LogP contribution is 2.35. The van der Waals surface area contributed by atoms with E-state index in [9.17, 15) is 4.79 Å². The van der Waals surface area contributed by atoms with Crippen LogP contribution in [0.3, 0.4) is 0 Å². The predicted octanol–water partition coefficient (Wildman–Crippen LogP) is 4.55. The minimum atomic E-state index is -0.304. The van der Waals surface area contributed by atoms with Crippen molar-refractivity contribution in [3.8, 4) is 0 Å². The summed E-state index contributed by atoms with van der Waals surface area (Å²) in [7, 11) is 0. The number of likely N-dealkylation sites (tertiary alicyclic amines) is 1. The van der Waals surface area contributed by atoms with E-state index < -0.39 is 0 Å². The van der Waals surface area contributed by atoms with E-state index in [4.69, 9.17) is 0 Å². The van der Waals surface area contributed by atoms with E-state index in [1.165, 1.54) is 12.0 Å². The lowest BCUT2D eigenvalue weighted by Gasteiger charge is -2.39. The standard InChI is InChI=1S/C16H22BrNO/c1-16(2,3)15(19)18-10-5-4-9-14(18)12-7-6-8-13(17)11-12/h6-8,11,14H,4-5,9-10H2,1-3H3. The van der Waals surface area contributed by atoms with Gasteiger partial charge in [-0.15, -0.1) is 0 Å². The molecule has 0 bridgehead atoms. The van der Waals surface area contributed by atoms with Crippen molar-refractivity contribution in [2.24, 2.45) is 5.41 Å². The first-order valence-electron chi connectivity index (χ1n) is 6.96. The van der Waals surface area contributed by atoms with Gasteiger partial charge in [0.2, 0.25) is 5.91 Å². The molecule has 0 saturated carbocycles. The summed E-state index contributed by atoms with van der Waals surface area (Å²) < 4.78 is 1.08. The molecule has 0 aliphatic carbocycles. The first-order valence-corrected chi connectivity index (χ1v) is 7.75. The maximum absolute atomic E-state index is 12.6. The average molecular weight is 324 g/mol. The van der Waals surface area contributed by atoms with Crippen LogP contribution in [0.25, 0.3) is 0 Å². The molecule has 3 heteroatoms. The molecule has 1 unspecified atom stereocenters. The van der Waals surface area contributed by atoms with E-state index in [1.54, 1.807) is 0 Å². The van der Waals surface area contributed by atoms with Crippen molar-refractivity contribution in [2.45, 2.75) is 46.1 Å². The highest BCUT2D eigenvalue weighted by Gasteiger charge is 2.34. The Morgan fingerprint density at radius 1 is 1.32 bits per heavy atom. The summed E-state index contributed by atoms with van der Waals surface area (Å²) >= 11 is 3.52. The second kappa shape index (κ2) is 5.66. The van der Waals surface area contributed by atoms with Gasteiger partial charge in [0.1, 0.15) is 0 Å². The van der Waals surface area contributed by atoms with E-state index in [0.717, 1.165) is 23.9 Å². The zero-order chi connectivity index (χ0) is 14.0. The molecular formula is C16H22BrNO. The number of benzene rings is 1. The minimum absolute atomic E-state index is 0.234. The Morgan fingerprint density at radius 2 is 2.05 bits per heavy atom. The van der Waals surface area contributed by atoms with Crippen LogP contribution in [-0.2, 0) is 4.79 Å². The lowest BCUT2D eigenvalue weighted by atomic mass is 9.89. The molecule has 19 heavy (non-hydrogen) atoms. The summed E-state index contributed by atoms with van der Waals surface area (Å²) in [6.45, 7) is 6.89. The Balaban J connectivity index is 2.28. The average Bonchev–Trinajstić information content (AvgIpc) is 2.37. The fourth-order valence-electron chi connectivity index (χ4n) is 2.67. The molecule has 1 amide bonds. The molecule has 0 radical (unpaired) electrons. The summed E-state index contributed by atoms with van der Waals surface area (Å²) in [6, 6.07) is 8.58. The van der Waals surface area contributed by atoms with Crippen molar-refractivity contribution in [2.75, 3.05) is 6.54 Å². The third-order valence-electron chi connectivity index (χ3n) is 3.64. The van der Waals surface area contributed by atoms with Crippen molar-refractivity contribution in [1.82, 2.24) is 4.90 Å². The molecule has 1 saturated heterocycles. The van der Waals surface area contributed by atoms with Crippen LogP contribution in [0.4, 0.5) is 0 Å². The number of halogens is 1. The van der Waals surface area contributed by atoms with E-state index in [1.807, 2.05) is 32.9 Å². The quantitative estimate of drug-likeness (QED) is 0.742. The Hall–Kier alpha value is -0.830. The molecule has 1 fully saturated rings. The highest BCUT2D eigenvalue weighted by molar-refractivity contribution is 9.10. The molecule has 1 atom stereocenters. The Bertz CT molecular complexity index is 464. The fourth-order valence-corrected chi connectivity index (χ4v) is 3.08. The molecule has 0 aromatic heterocycles. The van der Waals surface area contributed by atoms with Gasteiger partial charge in [0.05, 0.1) is 6.04 Å². The number of hydrogen-bond acceptors (Lipinski definition) is 1. The van der Waals surface area contributed by atoms with E-state index in [-0.39, 0.29) is 17.4 Å². The Kier molecular flexibility index (Phi) is 4.34. The second-order valence-electron chi connectivity index (χ2n) is 6.32. The molecule has 104 valence electrons. The zero-order valence-corrected chi connectivity index (χ0v) is 13.5. The van der Waals surface area contributed by atoms with Crippen molar-refractivity contribution in [1.29, 1.82) is 0 Å². The Labute approximate surface area is 124 Å². The van der Waals surface area contributed by atoms with Crippen LogP contribution >= 0.6 is 15.9 Å². The number of carbonyl (C=O) groups excluding carboxylic acids is 1. The molecule has 2 rings (SSSR count). The molecular weight excluding hydrogens is 302 g/mol. The van der Waals surface area contributed by atoms with Gasteiger partial charge in [-0.3, -0.25) is 4.79 Å². The predicted molar refractivity (Wildman–Crippen MR) is 81.9 cm³/mol. The molecule has 1 heterocycles. The molecule has 1 aliphatic rings. The summed E-state index contributed by atoms with van der Waals surface area (Å²) in [5, 5.41) is 0. The first-order chi connectivity index (χ1) is 8.89. The van der Waals surface area contributed by atoms with Crippen LogP contribution in [0.1, 0.15) is 51.6 Å². The molecule has 2 nitrogen and oxygen atoms in total. The normalized spacial score (nSPS) is 20.4. The van der Waals surface area contributed by atoms with Gasteiger partial charge in [-0.25, -0.2) is 0 Å². The molecule has 0 spiro atoms. The van der Waals surface area contributed by atoms with Crippen molar-refractivity contribution < 1.29 is 4.79 Å². The second-order valence-corrected chi connectivity index (χ2v) is 7.23. The molecule has 1 aromatic rings. The summed E-state index contributed by atoms with van der Waals surface area (Å²) in [5.41, 5.74) is 0.938. The van der Waals surface area contributed by atoms with Crippen LogP contribution in [0.15, 0.2) is 28.7 Å². The molecule has 1 aromatic carbocycles. The Morgan fingerprint density at radius 3 is 2.68 bits per heavy atom. The van der Waals surface area contributed by atoms with Gasteiger partial charge >= 0.3 is 0 Å². The van der Waals surface area contributed by atoms with Crippen LogP contribution in [0.2, 0.25) is 0 Å². The summed E-state index contributed by atoms with van der Waals surface area (Å²) in [6.07, 6.45) is 3.38. The van der Waals surface area contributed by atoms with Crippen molar-refractivity contribution >= 4 is 21.8 Å². The highest BCUT2D eigenvalue weighted by atomic mass is 79.9. The van der Waals surface area contributed by atoms with Crippen LogP contribution in [0.5, 0.6) is 0 Å². The third-order valence-corrected chi connectivity index (χ3v) is 4.13. The maximum Gasteiger partial charge on any atom is 0.228 e. The number of hydrogen-bond donors (Lipinski definition) is 0. The van der Waals surface area contributed by atoms with E-state index >= 15 is 0 Å². The SMILES string of the molecule is CC(C)(C)C(=O)N1CCCCC1c1cccc(Br)c1. The monoisotopic (exact) mass is 323 g/mol. The van der Waals surface area contributed by atoms with Gasteiger partial charge < -0.3 is 4.90 Å². The van der Waals surface area contributed by atoms with E-state index in [2.05, 4.69) is 33.0 Å². The summed E-state index contributed by atoms with van der Waals surface area (Å²) in [4.78, 5) is 14.7. The number of nitrogens with zero attached hydrogens (tertiary/aromatic N) is 1. The smallest absolute Gasteiger partial charge is 0.228 e. The van der Waals surface area contributed by atoms with Gasteiger partial charge in [-0.1, -0.05) is 48.8 Å². The van der Waals surface area contributed by atoms with Gasteiger partial charge in [0, 0.05) is 16.4 Å². The van der Waals surface area contributed by atoms with Gasteiger partial charge in [-0.05, 0) is 37.0 Å². The first kappa shape index (κ1) is 14.6. The number of amides is 1. The third kappa shape index (κ3) is 3.38. The summed E-state index contributed by atoms with van der Waals surface area (Å²) in [5.74, 6) is 0.261. The number of piperidine rings is 1. The fraction of sp³-hybridized carbons (Fsp3) is 0.562. The van der Waals surface area contributed by atoms with Crippen LogP contribution in [0, 0.1) is 5.41 Å². The van der Waals surface area contributed by atoms with Gasteiger partial charge in [0.15, 0.2) is 0 Å². The topological polar surface area (TPSA) is 20.3 Å². The number of rotatable bonds is 1. The van der Waals surface area contributed by atoms with Crippen molar-refractivity contribution in [3.63, 3.8) is 0 Å². The maximum atomic E-state index is 12.6. The van der Waals surface area contributed by atoms with Crippen LogP contribution in [-0.4, -0.2) is 17.4 Å². The molecule has 0 N–H and O–H groups in total. The zero-order valence-electron chi connectivity index (χ0n) is 11.9. The van der Waals surface area contributed by atoms with Gasteiger partial charge in [0.25, 0.3) is 0 Å². The minimum Gasteiger partial charge on any atom is -0.335 e. The number of carbonyl (C=O) groups is 1. The van der Waals surface area contributed by atoms with Gasteiger partial charge in [-0.2, -0.15) is 0 Å². The van der Waals surface area contributed by atoms with Crippen molar-refractivity contribution in [3.05, 3.63) is 34.3 Å². The lowest BCUT2D eigenvalue weighted by molar-refractivity contribution is -0.143. The lowest BCUT2D eigenvalue weighted by Crippen LogP contribution is -2.44. The largest absolute Gasteiger partial charge is 0.335 e. The van der Waals surface area contributed by atoms with Crippen LogP contribution < -0.4 is 0 Å². The van der Waals surface area contributed by atoms with E-state index in [0.29, 0.717) is 0 Å².